The summed E-state index contributed by atoms with van der Waals surface area (Å²) < 4.78 is 23.9. The Labute approximate surface area is 223 Å². The monoisotopic (exact) mass is 526 g/mol. The fourth-order valence-electron chi connectivity index (χ4n) is 5.12. The molecule has 0 spiro atoms. The van der Waals surface area contributed by atoms with Crippen LogP contribution in [0.5, 0.6) is 28.7 Å². The van der Waals surface area contributed by atoms with Crippen LogP contribution in [0.4, 0.5) is 0 Å². The van der Waals surface area contributed by atoms with E-state index in [-0.39, 0.29) is 17.0 Å². The van der Waals surface area contributed by atoms with Crippen molar-refractivity contribution < 1.29 is 28.8 Å². The number of hydrogen-bond donors (Lipinski definition) is 1. The molecular weight excluding hydrogens is 488 g/mol. The van der Waals surface area contributed by atoms with E-state index in [1.807, 2.05) is 50.7 Å². The lowest BCUT2D eigenvalue weighted by atomic mass is 9.85. The van der Waals surface area contributed by atoms with E-state index >= 15 is 0 Å². The van der Waals surface area contributed by atoms with Gasteiger partial charge in [-0.15, -0.1) is 0 Å². The predicted octanol–water partition coefficient (Wildman–Crippen LogP) is 7.59. The third-order valence-corrected chi connectivity index (χ3v) is 8.39. The Hall–Kier alpha value is -2.80. The van der Waals surface area contributed by atoms with Crippen LogP contribution < -0.4 is 18.9 Å². The summed E-state index contributed by atoms with van der Waals surface area (Å²) in [5.74, 6) is 2.88. The van der Waals surface area contributed by atoms with Crippen molar-refractivity contribution in [3.8, 4) is 28.7 Å². The Morgan fingerprint density at radius 3 is 2.38 bits per heavy atom. The average Bonchev–Trinajstić information content (AvgIpc) is 2.88. The van der Waals surface area contributed by atoms with Gasteiger partial charge in [0.2, 0.25) is 0 Å². The van der Waals surface area contributed by atoms with Gasteiger partial charge >= 0.3 is 5.97 Å². The zero-order chi connectivity index (χ0) is 26.9. The summed E-state index contributed by atoms with van der Waals surface area (Å²) in [6.07, 6.45) is 4.82. The van der Waals surface area contributed by atoms with Gasteiger partial charge in [-0.05, 0) is 58.3 Å². The number of carbonyl (C=O) groups is 1. The van der Waals surface area contributed by atoms with E-state index in [2.05, 4.69) is 6.92 Å². The summed E-state index contributed by atoms with van der Waals surface area (Å²) in [6, 6.07) is 5.66. The Morgan fingerprint density at radius 2 is 1.76 bits per heavy atom. The molecule has 0 saturated heterocycles. The Kier molecular flexibility index (Phi) is 8.02. The van der Waals surface area contributed by atoms with Crippen LogP contribution in [0.2, 0.25) is 0 Å². The number of ether oxygens (including phenoxy) is 4. The van der Waals surface area contributed by atoms with E-state index in [1.54, 1.807) is 21.3 Å². The molecule has 0 aromatic heterocycles. The van der Waals surface area contributed by atoms with Crippen LogP contribution in [-0.4, -0.2) is 38.2 Å². The van der Waals surface area contributed by atoms with Gasteiger partial charge in [0.1, 0.15) is 28.7 Å². The van der Waals surface area contributed by atoms with Crippen LogP contribution in [0.15, 0.2) is 18.2 Å². The lowest BCUT2D eigenvalue weighted by Crippen LogP contribution is -2.26. The zero-order valence-electron chi connectivity index (χ0n) is 22.9. The van der Waals surface area contributed by atoms with Gasteiger partial charge in [0.15, 0.2) is 0 Å². The van der Waals surface area contributed by atoms with Crippen molar-refractivity contribution in [3.63, 3.8) is 0 Å². The van der Waals surface area contributed by atoms with Crippen molar-refractivity contribution in [3.05, 3.63) is 29.3 Å². The highest BCUT2D eigenvalue weighted by molar-refractivity contribution is 7.99. The standard InChI is InChI=1S/C30H38O6S/c1-8-9-16-37-20-15-11-13-18-22(20)25(31)23-24(27(18)36-29(32)30(2,3)4)26(34-6)17-12-10-14-19(33-5)21(17)28(23)35-7/h10,12,14,20,31H,8-9,11,13,15-16H2,1-7H3. The normalized spacial score (nSPS) is 15.5. The minimum atomic E-state index is -0.710. The first-order chi connectivity index (χ1) is 17.7. The summed E-state index contributed by atoms with van der Waals surface area (Å²) in [6.45, 7) is 7.70. The van der Waals surface area contributed by atoms with Crippen LogP contribution in [0, 0.1) is 5.41 Å². The lowest BCUT2D eigenvalue weighted by Gasteiger charge is -2.31. The van der Waals surface area contributed by atoms with Crippen LogP contribution in [0.1, 0.15) is 69.8 Å². The number of benzene rings is 3. The molecule has 0 bridgehead atoms. The van der Waals surface area contributed by atoms with Crippen LogP contribution in [0.3, 0.4) is 0 Å². The second-order valence-corrected chi connectivity index (χ2v) is 11.8. The molecule has 1 aliphatic carbocycles. The number of thioether (sulfide) groups is 1. The molecule has 1 unspecified atom stereocenters. The summed E-state index contributed by atoms with van der Waals surface area (Å²) in [5, 5.41) is 14.5. The van der Waals surface area contributed by atoms with Gasteiger partial charge in [-0.25, -0.2) is 0 Å². The van der Waals surface area contributed by atoms with Crippen molar-refractivity contribution in [2.75, 3.05) is 27.1 Å². The van der Waals surface area contributed by atoms with Gasteiger partial charge in [-0.3, -0.25) is 4.79 Å². The Bertz CT molecular complexity index is 1320. The van der Waals surface area contributed by atoms with E-state index in [1.165, 1.54) is 0 Å². The molecule has 0 radical (unpaired) electrons. The van der Waals surface area contributed by atoms with Crippen molar-refractivity contribution in [1.29, 1.82) is 0 Å². The van der Waals surface area contributed by atoms with E-state index in [0.717, 1.165) is 47.9 Å². The number of rotatable bonds is 8. The molecule has 1 atom stereocenters. The number of fused-ring (bicyclic) bond motifs is 3. The van der Waals surface area contributed by atoms with Crippen molar-refractivity contribution in [2.24, 2.45) is 5.41 Å². The second-order valence-electron chi connectivity index (χ2n) is 10.5. The number of phenolic OH excluding ortho intramolecular Hbond substituents is 1. The molecular formula is C30H38O6S. The number of hydrogen-bond acceptors (Lipinski definition) is 7. The minimum absolute atomic E-state index is 0.0934. The van der Waals surface area contributed by atoms with Gasteiger partial charge in [-0.2, -0.15) is 11.8 Å². The maximum absolute atomic E-state index is 13.3. The van der Waals surface area contributed by atoms with E-state index in [0.29, 0.717) is 45.6 Å². The van der Waals surface area contributed by atoms with Crippen LogP contribution in [0.25, 0.3) is 21.5 Å². The first-order valence-electron chi connectivity index (χ1n) is 12.9. The maximum Gasteiger partial charge on any atom is 0.316 e. The first kappa shape index (κ1) is 27.2. The summed E-state index contributed by atoms with van der Waals surface area (Å²) in [4.78, 5) is 13.3. The number of unbranched alkanes of at least 4 members (excludes halogenated alkanes) is 1. The van der Waals surface area contributed by atoms with Gasteiger partial charge < -0.3 is 24.1 Å². The Balaban J connectivity index is 2.18. The molecule has 3 aromatic carbocycles. The maximum atomic E-state index is 13.3. The summed E-state index contributed by atoms with van der Waals surface area (Å²) >= 11 is 1.86. The molecule has 200 valence electrons. The largest absolute Gasteiger partial charge is 0.507 e. The van der Waals surface area contributed by atoms with E-state index in [9.17, 15) is 9.90 Å². The number of carbonyl (C=O) groups excluding carboxylic acids is 1. The molecule has 0 aliphatic heterocycles. The molecule has 0 amide bonds. The fraction of sp³-hybridized carbons (Fsp3) is 0.500. The van der Waals surface area contributed by atoms with Gasteiger partial charge in [-0.1, -0.05) is 25.5 Å². The smallest absolute Gasteiger partial charge is 0.316 e. The third-order valence-electron chi connectivity index (χ3n) is 6.99. The Morgan fingerprint density at radius 1 is 1.03 bits per heavy atom. The highest BCUT2D eigenvalue weighted by atomic mass is 32.2. The minimum Gasteiger partial charge on any atom is -0.507 e. The number of methoxy groups -OCH3 is 3. The van der Waals surface area contributed by atoms with Crippen molar-refractivity contribution in [2.45, 2.75) is 65.0 Å². The van der Waals surface area contributed by atoms with Gasteiger partial charge in [0, 0.05) is 21.8 Å². The highest BCUT2D eigenvalue weighted by Gasteiger charge is 2.36. The summed E-state index contributed by atoms with van der Waals surface area (Å²) in [7, 11) is 4.78. The van der Waals surface area contributed by atoms with Crippen LogP contribution in [-0.2, 0) is 11.2 Å². The molecule has 1 N–H and O–H groups in total. The van der Waals surface area contributed by atoms with Gasteiger partial charge in [0.05, 0.1) is 42.9 Å². The summed E-state index contributed by atoms with van der Waals surface area (Å²) in [5.41, 5.74) is 1.01. The van der Waals surface area contributed by atoms with Crippen molar-refractivity contribution in [1.82, 2.24) is 0 Å². The highest BCUT2D eigenvalue weighted by Crippen LogP contribution is 2.58. The molecule has 6 nitrogen and oxygen atoms in total. The first-order valence-corrected chi connectivity index (χ1v) is 14.0. The number of aromatic hydroxyl groups is 1. The molecule has 7 heteroatoms. The number of esters is 1. The molecule has 1 aliphatic rings. The lowest BCUT2D eigenvalue weighted by molar-refractivity contribution is -0.142. The molecule has 37 heavy (non-hydrogen) atoms. The average molecular weight is 527 g/mol. The predicted molar refractivity (Wildman–Crippen MR) is 151 cm³/mol. The molecule has 0 heterocycles. The third kappa shape index (κ3) is 4.78. The van der Waals surface area contributed by atoms with E-state index < -0.39 is 5.41 Å². The van der Waals surface area contributed by atoms with E-state index in [4.69, 9.17) is 18.9 Å². The fourth-order valence-corrected chi connectivity index (χ4v) is 6.61. The topological polar surface area (TPSA) is 74.2 Å². The molecule has 0 saturated carbocycles. The quantitative estimate of drug-likeness (QED) is 0.140. The van der Waals surface area contributed by atoms with Crippen molar-refractivity contribution >= 4 is 39.3 Å². The molecule has 3 aromatic rings. The second kappa shape index (κ2) is 10.9. The number of phenols is 1. The van der Waals surface area contributed by atoms with Crippen LogP contribution >= 0.6 is 11.8 Å². The molecule has 0 fully saturated rings. The molecule has 4 rings (SSSR count). The SMILES string of the molecule is CCCCSC1CCCc2c1c(O)c1c(OC)c3c(OC)cccc3c(OC)c1c2OC(=O)C(C)(C)C. The van der Waals surface area contributed by atoms with Gasteiger partial charge in [0.25, 0.3) is 0 Å². The zero-order valence-corrected chi connectivity index (χ0v) is 23.8.